The lowest BCUT2D eigenvalue weighted by Crippen LogP contribution is -2.52. The number of rotatable bonds is 4. The van der Waals surface area contributed by atoms with Gasteiger partial charge in [-0.15, -0.1) is 0 Å². The van der Waals surface area contributed by atoms with E-state index in [1.54, 1.807) is 7.11 Å². The first-order valence-electron chi connectivity index (χ1n) is 5.87. The van der Waals surface area contributed by atoms with Crippen LogP contribution in [-0.4, -0.2) is 49.7 Å². The van der Waals surface area contributed by atoms with Crippen molar-refractivity contribution in [2.24, 2.45) is 17.4 Å². The Labute approximate surface area is 97.1 Å². The molecule has 1 saturated heterocycles. The van der Waals surface area contributed by atoms with E-state index >= 15 is 0 Å². The van der Waals surface area contributed by atoms with Gasteiger partial charge in [-0.1, -0.05) is 0 Å². The first kappa shape index (κ1) is 13.4. The van der Waals surface area contributed by atoms with Gasteiger partial charge in [0, 0.05) is 20.2 Å². The van der Waals surface area contributed by atoms with Crippen molar-refractivity contribution in [2.45, 2.75) is 31.9 Å². The Morgan fingerprint density at radius 1 is 1.50 bits per heavy atom. The molecule has 0 aromatic carbocycles. The summed E-state index contributed by atoms with van der Waals surface area (Å²) in [6, 6.07) is -0.556. The third-order valence-corrected chi connectivity index (χ3v) is 3.42. The molecule has 0 aromatic heterocycles. The van der Waals surface area contributed by atoms with Crippen LogP contribution in [-0.2, 0) is 9.53 Å². The highest BCUT2D eigenvalue weighted by Crippen LogP contribution is 2.16. The topological polar surface area (TPSA) is 81.6 Å². The highest BCUT2D eigenvalue weighted by molar-refractivity contribution is 5.82. The van der Waals surface area contributed by atoms with Crippen molar-refractivity contribution in [2.75, 3.05) is 26.7 Å². The van der Waals surface area contributed by atoms with Crippen LogP contribution in [0.2, 0.25) is 0 Å². The second kappa shape index (κ2) is 6.18. The lowest BCUT2D eigenvalue weighted by Gasteiger charge is -2.34. The Hall–Kier alpha value is -0.650. The van der Waals surface area contributed by atoms with E-state index in [9.17, 15) is 4.79 Å². The summed E-state index contributed by atoms with van der Waals surface area (Å²) < 4.78 is 5.07. The molecule has 0 aromatic rings. The second-order valence-corrected chi connectivity index (χ2v) is 4.47. The fourth-order valence-electron chi connectivity index (χ4n) is 1.95. The molecule has 1 rings (SSSR count). The number of carbonyl (C=O) groups excluding carboxylic acids is 1. The van der Waals surface area contributed by atoms with Crippen LogP contribution in [0.25, 0.3) is 0 Å². The average molecular weight is 229 g/mol. The van der Waals surface area contributed by atoms with Crippen molar-refractivity contribution in [3.63, 3.8) is 0 Å². The minimum absolute atomic E-state index is 0.00942. The van der Waals surface area contributed by atoms with Gasteiger partial charge in [0.05, 0.1) is 6.10 Å². The van der Waals surface area contributed by atoms with Crippen molar-refractivity contribution >= 4 is 5.91 Å². The zero-order valence-electron chi connectivity index (χ0n) is 10.2. The van der Waals surface area contributed by atoms with Crippen LogP contribution in [0.1, 0.15) is 19.8 Å². The molecular weight excluding hydrogens is 206 g/mol. The molecule has 0 unspecified atom stereocenters. The molecule has 2 atom stereocenters. The van der Waals surface area contributed by atoms with E-state index in [-0.39, 0.29) is 12.0 Å². The van der Waals surface area contributed by atoms with E-state index in [0.29, 0.717) is 12.5 Å². The lowest BCUT2D eigenvalue weighted by atomic mass is 9.96. The molecule has 5 heteroatoms. The van der Waals surface area contributed by atoms with Gasteiger partial charge in [-0.3, -0.25) is 4.79 Å². The SMILES string of the molecule is CO[C@H](C)[C@H](N)C(=O)N1CCC(CN)CC1. The largest absolute Gasteiger partial charge is 0.380 e. The lowest BCUT2D eigenvalue weighted by molar-refractivity contribution is -0.136. The Kier molecular flexibility index (Phi) is 5.18. The van der Waals surface area contributed by atoms with Gasteiger partial charge >= 0.3 is 0 Å². The number of hydrogen-bond acceptors (Lipinski definition) is 4. The predicted octanol–water partition coefficient (Wildman–Crippen LogP) is -0.454. The van der Waals surface area contributed by atoms with Gasteiger partial charge in [0.25, 0.3) is 0 Å². The number of methoxy groups -OCH3 is 1. The number of nitrogens with zero attached hydrogens (tertiary/aromatic N) is 1. The van der Waals surface area contributed by atoms with Crippen LogP contribution < -0.4 is 11.5 Å². The van der Waals surface area contributed by atoms with E-state index in [1.807, 2.05) is 11.8 Å². The number of amides is 1. The van der Waals surface area contributed by atoms with Gasteiger partial charge in [-0.05, 0) is 32.2 Å². The summed E-state index contributed by atoms with van der Waals surface area (Å²) >= 11 is 0. The van der Waals surface area contributed by atoms with Crippen molar-refractivity contribution < 1.29 is 9.53 Å². The maximum atomic E-state index is 12.0. The summed E-state index contributed by atoms with van der Waals surface area (Å²) in [5, 5.41) is 0. The Bertz CT molecular complexity index is 227. The number of hydrogen-bond donors (Lipinski definition) is 2. The fourth-order valence-corrected chi connectivity index (χ4v) is 1.95. The van der Waals surface area contributed by atoms with Crippen molar-refractivity contribution in [3.05, 3.63) is 0 Å². The molecule has 0 radical (unpaired) electrons. The molecule has 5 nitrogen and oxygen atoms in total. The molecule has 1 aliphatic rings. The molecule has 94 valence electrons. The summed E-state index contributed by atoms with van der Waals surface area (Å²) in [5.74, 6) is 0.546. The molecule has 1 aliphatic heterocycles. The summed E-state index contributed by atoms with van der Waals surface area (Å²) in [7, 11) is 1.57. The third kappa shape index (κ3) is 3.17. The van der Waals surface area contributed by atoms with Crippen molar-refractivity contribution in [1.82, 2.24) is 4.90 Å². The Balaban J connectivity index is 2.44. The summed E-state index contributed by atoms with van der Waals surface area (Å²) in [5.41, 5.74) is 11.4. The van der Waals surface area contributed by atoms with Crippen LogP contribution in [0.5, 0.6) is 0 Å². The molecule has 0 aliphatic carbocycles. The molecule has 16 heavy (non-hydrogen) atoms. The Morgan fingerprint density at radius 3 is 2.50 bits per heavy atom. The third-order valence-electron chi connectivity index (χ3n) is 3.42. The molecule has 0 spiro atoms. The zero-order chi connectivity index (χ0) is 12.1. The second-order valence-electron chi connectivity index (χ2n) is 4.47. The highest BCUT2D eigenvalue weighted by atomic mass is 16.5. The summed E-state index contributed by atoms with van der Waals surface area (Å²) in [6.45, 7) is 4.06. The van der Waals surface area contributed by atoms with Gasteiger partial charge in [-0.25, -0.2) is 0 Å². The molecule has 0 saturated carbocycles. The quantitative estimate of drug-likeness (QED) is 0.684. The van der Waals surface area contributed by atoms with E-state index in [4.69, 9.17) is 16.2 Å². The molecule has 4 N–H and O–H groups in total. The Morgan fingerprint density at radius 2 is 2.06 bits per heavy atom. The normalized spacial score (nSPS) is 21.9. The van der Waals surface area contributed by atoms with Gasteiger partial charge < -0.3 is 21.1 Å². The molecule has 0 bridgehead atoms. The average Bonchev–Trinajstić information content (AvgIpc) is 2.36. The zero-order valence-corrected chi connectivity index (χ0v) is 10.2. The maximum absolute atomic E-state index is 12.0. The monoisotopic (exact) mass is 229 g/mol. The van der Waals surface area contributed by atoms with E-state index < -0.39 is 6.04 Å². The van der Waals surface area contributed by atoms with Crippen LogP contribution >= 0.6 is 0 Å². The summed E-state index contributed by atoms with van der Waals surface area (Å²) in [6.07, 6.45) is 1.73. The fraction of sp³-hybridized carbons (Fsp3) is 0.909. The van der Waals surface area contributed by atoms with Crippen LogP contribution in [0.4, 0.5) is 0 Å². The molecule has 1 fully saturated rings. The van der Waals surface area contributed by atoms with Gasteiger partial charge in [0.1, 0.15) is 6.04 Å². The molecular formula is C11H23N3O2. The standard InChI is InChI=1S/C11H23N3O2/c1-8(16-2)10(13)11(15)14-5-3-9(7-12)4-6-14/h8-10H,3-7,12-13H2,1-2H3/t8-,10+/m1/s1. The summed E-state index contributed by atoms with van der Waals surface area (Å²) in [4.78, 5) is 13.8. The van der Waals surface area contributed by atoms with Gasteiger partial charge in [-0.2, -0.15) is 0 Å². The number of carbonyl (C=O) groups is 1. The van der Waals surface area contributed by atoms with E-state index in [1.165, 1.54) is 0 Å². The van der Waals surface area contributed by atoms with Crippen LogP contribution in [0.3, 0.4) is 0 Å². The predicted molar refractivity (Wildman–Crippen MR) is 62.8 cm³/mol. The number of likely N-dealkylation sites (tertiary alicyclic amines) is 1. The van der Waals surface area contributed by atoms with Crippen LogP contribution in [0.15, 0.2) is 0 Å². The number of nitrogens with two attached hydrogens (primary N) is 2. The number of piperidine rings is 1. The maximum Gasteiger partial charge on any atom is 0.242 e. The molecule has 1 amide bonds. The number of ether oxygens (including phenoxy) is 1. The minimum atomic E-state index is -0.556. The highest BCUT2D eigenvalue weighted by Gasteiger charge is 2.28. The molecule has 1 heterocycles. The van der Waals surface area contributed by atoms with Gasteiger partial charge in [0.15, 0.2) is 0 Å². The first-order valence-corrected chi connectivity index (χ1v) is 5.87. The minimum Gasteiger partial charge on any atom is -0.380 e. The van der Waals surface area contributed by atoms with E-state index in [0.717, 1.165) is 25.9 Å². The van der Waals surface area contributed by atoms with Gasteiger partial charge in [0.2, 0.25) is 5.91 Å². The smallest absolute Gasteiger partial charge is 0.242 e. The van der Waals surface area contributed by atoms with Crippen molar-refractivity contribution in [1.29, 1.82) is 0 Å². The van der Waals surface area contributed by atoms with Crippen molar-refractivity contribution in [3.8, 4) is 0 Å². The van der Waals surface area contributed by atoms with Crippen LogP contribution in [0, 0.1) is 5.92 Å². The first-order chi connectivity index (χ1) is 7.60. The van der Waals surface area contributed by atoms with E-state index in [2.05, 4.69) is 0 Å².